The third-order valence-corrected chi connectivity index (χ3v) is 3.87. The van der Waals surface area contributed by atoms with Gasteiger partial charge >= 0.3 is 6.18 Å². The Morgan fingerprint density at radius 2 is 1.73 bits per heavy atom. The maximum Gasteiger partial charge on any atom is 0.416 e. The molecule has 4 rings (SSSR count). The molecule has 0 saturated heterocycles. The number of oxazole rings is 1. The molecule has 0 amide bonds. The van der Waals surface area contributed by atoms with E-state index in [1.165, 1.54) is 12.1 Å². The van der Waals surface area contributed by atoms with Crippen molar-refractivity contribution in [3.8, 4) is 11.3 Å². The Bertz CT molecular complexity index is 1060. The average Bonchev–Trinajstić information content (AvgIpc) is 3.28. The number of rotatable bonds is 3. The molecule has 0 saturated carbocycles. The van der Waals surface area contributed by atoms with Crippen LogP contribution in [0.15, 0.2) is 69.7 Å². The minimum atomic E-state index is -4.34. The molecule has 0 aliphatic heterocycles. The van der Waals surface area contributed by atoms with Crippen LogP contribution < -0.4 is 0 Å². The molecule has 0 fully saturated rings. The molecule has 130 valence electrons. The van der Waals surface area contributed by atoms with E-state index >= 15 is 0 Å². The summed E-state index contributed by atoms with van der Waals surface area (Å²) >= 11 is 0. The lowest BCUT2D eigenvalue weighted by Gasteiger charge is -2.05. The number of halogens is 3. The summed E-state index contributed by atoms with van der Waals surface area (Å²) in [5.74, 6) is 1.10. The number of furan rings is 1. The molecule has 0 aliphatic rings. The fraction of sp³-hybridized carbons (Fsp3) is 0.0500. The number of fused-ring (bicyclic) bond motifs is 1. The second-order valence-corrected chi connectivity index (χ2v) is 5.67. The van der Waals surface area contributed by atoms with Crippen LogP contribution >= 0.6 is 0 Å². The van der Waals surface area contributed by atoms with Crippen LogP contribution in [0.2, 0.25) is 0 Å². The summed E-state index contributed by atoms with van der Waals surface area (Å²) in [6.07, 6.45) is 0.528. The van der Waals surface area contributed by atoms with E-state index in [1.807, 2.05) is 24.3 Å². The first-order valence-corrected chi connectivity index (χ1v) is 7.79. The molecule has 0 atom stereocenters. The average molecular weight is 355 g/mol. The lowest BCUT2D eigenvalue weighted by atomic mass is 10.1. The number of hydrogen-bond acceptors (Lipinski definition) is 3. The predicted molar refractivity (Wildman–Crippen MR) is 92.1 cm³/mol. The van der Waals surface area contributed by atoms with Crippen LogP contribution in [0, 0.1) is 0 Å². The smallest absolute Gasteiger partial charge is 0.416 e. The van der Waals surface area contributed by atoms with Gasteiger partial charge in [0.1, 0.15) is 11.3 Å². The summed E-state index contributed by atoms with van der Waals surface area (Å²) in [6, 6.07) is 14.1. The minimum Gasteiger partial charge on any atom is -0.464 e. The van der Waals surface area contributed by atoms with E-state index in [2.05, 4.69) is 4.98 Å². The van der Waals surface area contributed by atoms with Crippen LogP contribution in [-0.2, 0) is 6.18 Å². The highest BCUT2D eigenvalue weighted by Crippen LogP contribution is 2.29. The summed E-state index contributed by atoms with van der Waals surface area (Å²) in [7, 11) is 0. The largest absolute Gasteiger partial charge is 0.464 e. The van der Waals surface area contributed by atoms with Crippen LogP contribution in [0.3, 0.4) is 0 Å². The molecule has 4 aromatic rings. The standard InChI is InChI=1S/C20H12F3NO2/c21-20(22,23)15-7-3-13(4-8-15)5-10-19-24-16-9-6-14(12-18(16)26-19)17-2-1-11-25-17/h1-12H. The highest BCUT2D eigenvalue weighted by molar-refractivity contribution is 5.80. The molecule has 2 aromatic heterocycles. The first-order valence-electron chi connectivity index (χ1n) is 7.79. The van der Waals surface area contributed by atoms with Crippen LogP contribution in [0.1, 0.15) is 17.0 Å². The molecule has 0 unspecified atom stereocenters. The summed E-state index contributed by atoms with van der Waals surface area (Å²) in [5.41, 5.74) is 2.11. The Morgan fingerprint density at radius 1 is 0.923 bits per heavy atom. The molecular weight excluding hydrogens is 343 g/mol. The Balaban J connectivity index is 1.58. The number of aromatic nitrogens is 1. The van der Waals surface area contributed by atoms with Crippen molar-refractivity contribution in [1.82, 2.24) is 4.98 Å². The summed E-state index contributed by atoms with van der Waals surface area (Å²) in [4.78, 5) is 4.34. The van der Waals surface area contributed by atoms with Crippen LogP contribution in [-0.4, -0.2) is 4.98 Å². The van der Waals surface area contributed by atoms with Gasteiger partial charge in [0.2, 0.25) is 5.89 Å². The fourth-order valence-electron chi connectivity index (χ4n) is 2.56. The summed E-state index contributed by atoms with van der Waals surface area (Å²) in [5, 5.41) is 0. The van der Waals surface area contributed by atoms with Crippen molar-refractivity contribution in [2.24, 2.45) is 0 Å². The van der Waals surface area contributed by atoms with Crippen LogP contribution in [0.5, 0.6) is 0 Å². The van der Waals surface area contributed by atoms with Crippen molar-refractivity contribution in [3.63, 3.8) is 0 Å². The van der Waals surface area contributed by atoms with E-state index in [9.17, 15) is 13.2 Å². The zero-order valence-corrected chi connectivity index (χ0v) is 13.3. The Kier molecular flexibility index (Phi) is 3.88. The number of nitrogens with zero attached hydrogens (tertiary/aromatic N) is 1. The Labute approximate surface area is 146 Å². The molecule has 0 N–H and O–H groups in total. The second kappa shape index (κ2) is 6.22. The molecule has 26 heavy (non-hydrogen) atoms. The number of benzene rings is 2. The maximum absolute atomic E-state index is 12.6. The second-order valence-electron chi connectivity index (χ2n) is 5.67. The topological polar surface area (TPSA) is 39.2 Å². The summed E-state index contributed by atoms with van der Waals surface area (Å²) in [6.45, 7) is 0. The third kappa shape index (κ3) is 3.26. The molecule has 0 radical (unpaired) electrons. The van der Waals surface area contributed by atoms with Crippen molar-refractivity contribution >= 4 is 23.3 Å². The molecule has 0 bridgehead atoms. The van der Waals surface area contributed by atoms with E-state index in [0.717, 1.165) is 23.5 Å². The zero-order chi connectivity index (χ0) is 18.1. The van der Waals surface area contributed by atoms with Gasteiger partial charge in [-0.2, -0.15) is 13.2 Å². The fourth-order valence-corrected chi connectivity index (χ4v) is 2.56. The normalized spacial score (nSPS) is 12.3. The van der Waals surface area contributed by atoms with Gasteiger partial charge in [0.05, 0.1) is 11.8 Å². The van der Waals surface area contributed by atoms with Crippen molar-refractivity contribution in [2.75, 3.05) is 0 Å². The molecular formula is C20H12F3NO2. The van der Waals surface area contributed by atoms with E-state index in [0.29, 0.717) is 22.6 Å². The first kappa shape index (κ1) is 16.2. The lowest BCUT2D eigenvalue weighted by molar-refractivity contribution is -0.137. The first-order chi connectivity index (χ1) is 12.5. The van der Waals surface area contributed by atoms with Crippen molar-refractivity contribution in [3.05, 3.63) is 77.9 Å². The molecule has 6 heteroatoms. The highest BCUT2D eigenvalue weighted by Gasteiger charge is 2.29. The summed E-state index contributed by atoms with van der Waals surface area (Å²) < 4.78 is 48.8. The minimum absolute atomic E-state index is 0.372. The number of hydrogen-bond donors (Lipinski definition) is 0. The van der Waals surface area contributed by atoms with Crippen molar-refractivity contribution < 1.29 is 22.0 Å². The van der Waals surface area contributed by atoms with E-state index < -0.39 is 11.7 Å². The molecule has 0 aliphatic carbocycles. The maximum atomic E-state index is 12.6. The van der Waals surface area contributed by atoms with Crippen LogP contribution in [0.25, 0.3) is 34.6 Å². The van der Waals surface area contributed by atoms with Gasteiger partial charge in [-0.15, -0.1) is 0 Å². The van der Waals surface area contributed by atoms with Gasteiger partial charge in [-0.25, -0.2) is 4.98 Å². The van der Waals surface area contributed by atoms with Gasteiger partial charge in [-0.3, -0.25) is 0 Å². The molecule has 0 spiro atoms. The quantitative estimate of drug-likeness (QED) is 0.434. The molecule has 3 nitrogen and oxygen atoms in total. The van der Waals surface area contributed by atoms with E-state index in [-0.39, 0.29) is 0 Å². The monoisotopic (exact) mass is 355 g/mol. The van der Waals surface area contributed by atoms with Gasteiger partial charge in [0.15, 0.2) is 5.58 Å². The Morgan fingerprint density at radius 3 is 2.42 bits per heavy atom. The van der Waals surface area contributed by atoms with Gasteiger partial charge in [0.25, 0.3) is 0 Å². The van der Waals surface area contributed by atoms with Gasteiger partial charge in [-0.05, 0) is 54.1 Å². The van der Waals surface area contributed by atoms with Crippen molar-refractivity contribution in [1.29, 1.82) is 0 Å². The van der Waals surface area contributed by atoms with Gasteiger partial charge < -0.3 is 8.83 Å². The third-order valence-electron chi connectivity index (χ3n) is 3.87. The SMILES string of the molecule is FC(F)(F)c1ccc(C=Cc2nc3ccc(-c4ccco4)cc3o2)cc1. The number of alkyl halides is 3. The van der Waals surface area contributed by atoms with Gasteiger partial charge in [-0.1, -0.05) is 12.1 Å². The Hall–Kier alpha value is -3.28. The molecule has 2 heterocycles. The van der Waals surface area contributed by atoms with E-state index in [1.54, 1.807) is 24.5 Å². The zero-order valence-electron chi connectivity index (χ0n) is 13.3. The predicted octanol–water partition coefficient (Wildman–Crippen LogP) is 6.28. The lowest BCUT2D eigenvalue weighted by Crippen LogP contribution is -2.03. The molecule has 2 aromatic carbocycles. The van der Waals surface area contributed by atoms with Gasteiger partial charge in [0, 0.05) is 11.6 Å². The van der Waals surface area contributed by atoms with Crippen LogP contribution in [0.4, 0.5) is 13.2 Å². The highest BCUT2D eigenvalue weighted by atomic mass is 19.4. The van der Waals surface area contributed by atoms with E-state index in [4.69, 9.17) is 8.83 Å². The van der Waals surface area contributed by atoms with Crippen molar-refractivity contribution in [2.45, 2.75) is 6.18 Å².